The molecule has 1 aromatic carbocycles. The maximum atomic E-state index is 13.3. The standard InChI is InChI=1S/C13H13FN2O2S/c1-7-10(12(17)18-2)11(16-13(19)15-7)8-4-3-5-9(14)6-8/h3-6,11H,1-2H3,(H2,15,16,19)/t11-/m1/s1. The van der Waals surface area contributed by atoms with Gasteiger partial charge in [-0.1, -0.05) is 12.1 Å². The molecule has 2 N–H and O–H groups in total. The summed E-state index contributed by atoms with van der Waals surface area (Å²) in [5.41, 5.74) is 1.61. The van der Waals surface area contributed by atoms with E-state index in [1.807, 2.05) is 0 Å². The van der Waals surface area contributed by atoms with Crippen LogP contribution in [-0.2, 0) is 9.53 Å². The maximum absolute atomic E-state index is 13.3. The summed E-state index contributed by atoms with van der Waals surface area (Å²) in [6, 6.07) is 5.50. The Balaban J connectivity index is 2.49. The van der Waals surface area contributed by atoms with Crippen molar-refractivity contribution in [1.82, 2.24) is 10.6 Å². The van der Waals surface area contributed by atoms with Crippen molar-refractivity contribution in [3.63, 3.8) is 0 Å². The van der Waals surface area contributed by atoms with E-state index in [2.05, 4.69) is 10.6 Å². The minimum absolute atomic E-state index is 0.370. The van der Waals surface area contributed by atoms with Crippen molar-refractivity contribution in [2.24, 2.45) is 0 Å². The Hall–Kier alpha value is -1.95. The smallest absolute Gasteiger partial charge is 0.337 e. The summed E-state index contributed by atoms with van der Waals surface area (Å²) in [6.45, 7) is 1.73. The second kappa shape index (κ2) is 5.36. The Morgan fingerprint density at radius 3 is 2.84 bits per heavy atom. The largest absolute Gasteiger partial charge is 0.466 e. The lowest BCUT2D eigenvalue weighted by Crippen LogP contribution is -2.45. The fraction of sp³-hybridized carbons (Fsp3) is 0.231. The van der Waals surface area contributed by atoms with Crippen molar-refractivity contribution in [3.05, 3.63) is 46.9 Å². The van der Waals surface area contributed by atoms with Gasteiger partial charge in [-0.2, -0.15) is 0 Å². The van der Waals surface area contributed by atoms with Crippen LogP contribution in [-0.4, -0.2) is 18.2 Å². The zero-order valence-electron chi connectivity index (χ0n) is 10.5. The predicted molar refractivity (Wildman–Crippen MR) is 72.7 cm³/mol. The lowest BCUT2D eigenvalue weighted by molar-refractivity contribution is -0.136. The van der Waals surface area contributed by atoms with Crippen LogP contribution in [0.4, 0.5) is 4.39 Å². The molecule has 19 heavy (non-hydrogen) atoms. The number of thiocarbonyl (C=S) groups is 1. The van der Waals surface area contributed by atoms with Gasteiger partial charge in [0.2, 0.25) is 0 Å². The van der Waals surface area contributed by atoms with Crippen LogP contribution in [0.3, 0.4) is 0 Å². The highest BCUT2D eigenvalue weighted by atomic mass is 32.1. The van der Waals surface area contributed by atoms with Crippen LogP contribution in [0.5, 0.6) is 0 Å². The number of halogens is 1. The van der Waals surface area contributed by atoms with E-state index in [0.29, 0.717) is 21.9 Å². The molecule has 1 aromatic rings. The molecule has 0 aliphatic carbocycles. The number of carbonyl (C=O) groups is 1. The molecule has 1 heterocycles. The third-order valence-corrected chi connectivity index (χ3v) is 3.08. The quantitative estimate of drug-likeness (QED) is 0.639. The van der Waals surface area contributed by atoms with Crippen LogP contribution >= 0.6 is 12.2 Å². The van der Waals surface area contributed by atoms with Gasteiger partial charge in [-0.05, 0) is 36.8 Å². The van der Waals surface area contributed by atoms with Crippen LogP contribution in [0.1, 0.15) is 18.5 Å². The van der Waals surface area contributed by atoms with Crippen molar-refractivity contribution in [2.75, 3.05) is 7.11 Å². The number of benzene rings is 1. The zero-order valence-corrected chi connectivity index (χ0v) is 11.3. The lowest BCUT2D eigenvalue weighted by Gasteiger charge is -2.29. The van der Waals surface area contributed by atoms with Crippen molar-refractivity contribution in [3.8, 4) is 0 Å². The number of hydrogen-bond acceptors (Lipinski definition) is 3. The number of allylic oxidation sites excluding steroid dienone is 1. The van der Waals surface area contributed by atoms with Crippen LogP contribution in [0.2, 0.25) is 0 Å². The van der Waals surface area contributed by atoms with Crippen molar-refractivity contribution >= 4 is 23.3 Å². The average Bonchev–Trinajstić information content (AvgIpc) is 2.37. The van der Waals surface area contributed by atoms with Crippen LogP contribution in [0.25, 0.3) is 0 Å². The van der Waals surface area contributed by atoms with E-state index in [1.165, 1.54) is 19.2 Å². The van der Waals surface area contributed by atoms with Crippen molar-refractivity contribution < 1.29 is 13.9 Å². The molecule has 0 radical (unpaired) electrons. The van der Waals surface area contributed by atoms with Crippen LogP contribution < -0.4 is 10.6 Å². The molecule has 0 aromatic heterocycles. The number of carbonyl (C=O) groups excluding carboxylic acids is 1. The van der Waals surface area contributed by atoms with E-state index < -0.39 is 12.0 Å². The molecule has 100 valence electrons. The summed E-state index contributed by atoms with van der Waals surface area (Å²) >= 11 is 5.07. The first-order valence-corrected chi connectivity index (χ1v) is 6.06. The lowest BCUT2D eigenvalue weighted by atomic mass is 9.96. The van der Waals surface area contributed by atoms with E-state index in [1.54, 1.807) is 19.1 Å². The molecule has 1 aliphatic heterocycles. The molecule has 2 rings (SSSR count). The van der Waals surface area contributed by atoms with Gasteiger partial charge in [-0.15, -0.1) is 0 Å². The predicted octanol–water partition coefficient (Wildman–Crippen LogP) is 1.79. The number of esters is 1. The summed E-state index contributed by atoms with van der Waals surface area (Å²) < 4.78 is 18.1. The van der Waals surface area contributed by atoms with Gasteiger partial charge >= 0.3 is 5.97 Å². The summed E-state index contributed by atoms with van der Waals surface area (Å²) in [5.74, 6) is -0.847. The van der Waals surface area contributed by atoms with Gasteiger partial charge in [0.15, 0.2) is 5.11 Å². The SMILES string of the molecule is COC(=O)C1=C(C)NC(=S)N[C@@H]1c1cccc(F)c1. The first kappa shape index (κ1) is 13.5. The summed E-state index contributed by atoms with van der Waals surface area (Å²) in [5, 5.41) is 6.20. The number of hydrogen-bond donors (Lipinski definition) is 2. The molecule has 0 saturated heterocycles. The highest BCUT2D eigenvalue weighted by Gasteiger charge is 2.30. The van der Waals surface area contributed by atoms with Crippen molar-refractivity contribution in [2.45, 2.75) is 13.0 Å². The Bertz CT molecular complexity index is 572. The maximum Gasteiger partial charge on any atom is 0.337 e. The zero-order chi connectivity index (χ0) is 14.0. The molecule has 0 spiro atoms. The normalized spacial score (nSPS) is 18.7. The molecular weight excluding hydrogens is 267 g/mol. The second-order valence-electron chi connectivity index (χ2n) is 4.12. The number of nitrogens with one attached hydrogen (secondary N) is 2. The third kappa shape index (κ3) is 2.73. The molecule has 0 fully saturated rings. The molecule has 1 aliphatic rings. The molecule has 1 atom stereocenters. The van der Waals surface area contributed by atoms with Gasteiger partial charge in [0.1, 0.15) is 5.82 Å². The minimum Gasteiger partial charge on any atom is -0.466 e. The molecule has 0 amide bonds. The number of rotatable bonds is 2. The Kier molecular flexibility index (Phi) is 3.80. The monoisotopic (exact) mass is 280 g/mol. The van der Waals surface area contributed by atoms with E-state index in [-0.39, 0.29) is 5.82 Å². The van der Waals surface area contributed by atoms with Crippen LogP contribution in [0, 0.1) is 5.82 Å². The molecule has 0 unspecified atom stereocenters. The first-order chi connectivity index (χ1) is 9.02. The number of methoxy groups -OCH3 is 1. The molecule has 4 nitrogen and oxygen atoms in total. The van der Waals surface area contributed by atoms with E-state index in [9.17, 15) is 9.18 Å². The highest BCUT2D eigenvalue weighted by molar-refractivity contribution is 7.80. The Morgan fingerprint density at radius 1 is 1.47 bits per heavy atom. The van der Waals surface area contributed by atoms with Gasteiger partial charge < -0.3 is 15.4 Å². The third-order valence-electron chi connectivity index (χ3n) is 2.86. The van der Waals surface area contributed by atoms with Gasteiger partial charge in [0.25, 0.3) is 0 Å². The van der Waals surface area contributed by atoms with E-state index in [4.69, 9.17) is 17.0 Å². The molecule has 0 saturated carbocycles. The Morgan fingerprint density at radius 2 is 2.21 bits per heavy atom. The van der Waals surface area contributed by atoms with Gasteiger partial charge in [-0.3, -0.25) is 0 Å². The van der Waals surface area contributed by atoms with E-state index >= 15 is 0 Å². The highest BCUT2D eigenvalue weighted by Crippen LogP contribution is 2.27. The molecular formula is C13H13FN2O2S. The first-order valence-electron chi connectivity index (χ1n) is 5.65. The van der Waals surface area contributed by atoms with Gasteiger partial charge in [-0.25, -0.2) is 9.18 Å². The summed E-state index contributed by atoms with van der Waals surface area (Å²) in [4.78, 5) is 11.9. The van der Waals surface area contributed by atoms with Crippen LogP contribution in [0.15, 0.2) is 35.5 Å². The van der Waals surface area contributed by atoms with Crippen molar-refractivity contribution in [1.29, 1.82) is 0 Å². The Labute approximate surface area is 115 Å². The molecule has 6 heteroatoms. The number of ether oxygens (including phenoxy) is 1. The summed E-state index contributed by atoms with van der Waals surface area (Å²) in [6.07, 6.45) is 0. The van der Waals surface area contributed by atoms with E-state index in [0.717, 1.165) is 0 Å². The average molecular weight is 280 g/mol. The topological polar surface area (TPSA) is 50.4 Å². The fourth-order valence-corrected chi connectivity index (χ4v) is 2.28. The van der Waals surface area contributed by atoms with Gasteiger partial charge in [0, 0.05) is 5.70 Å². The second-order valence-corrected chi connectivity index (χ2v) is 4.52. The molecule has 0 bridgehead atoms. The fourth-order valence-electron chi connectivity index (χ4n) is 2.01. The summed E-state index contributed by atoms with van der Waals surface area (Å²) in [7, 11) is 1.30. The minimum atomic E-state index is -0.517. The van der Waals surface area contributed by atoms with Gasteiger partial charge in [0.05, 0.1) is 18.7 Å².